The summed E-state index contributed by atoms with van der Waals surface area (Å²) >= 11 is 3.20. The van der Waals surface area contributed by atoms with E-state index in [2.05, 4.69) is 26.4 Å². The molecule has 0 bridgehead atoms. The number of carbonyl (C=O) groups excluding carboxylic acids is 1. The highest BCUT2D eigenvalue weighted by atomic mass is 79.9. The summed E-state index contributed by atoms with van der Waals surface area (Å²) in [4.78, 5) is 15.4. The predicted molar refractivity (Wildman–Crippen MR) is 44.5 cm³/mol. The van der Waals surface area contributed by atoms with Crippen LogP contribution in [0, 0.1) is 0 Å². The fraction of sp³-hybridized carbons (Fsp3) is 0.667. The molecule has 1 amide bonds. The normalized spacial score (nSPS) is 22.4. The van der Waals surface area contributed by atoms with Crippen molar-refractivity contribution in [3.63, 3.8) is 0 Å². The molecule has 1 atom stereocenters. The lowest BCUT2D eigenvalue weighted by molar-refractivity contribution is -0.119. The minimum atomic E-state index is -0.0448. The lowest BCUT2D eigenvalue weighted by atomic mass is 10.3. The van der Waals surface area contributed by atoms with Crippen LogP contribution in [0.25, 0.3) is 0 Å². The van der Waals surface area contributed by atoms with Crippen LogP contribution in [-0.4, -0.2) is 23.2 Å². The summed E-state index contributed by atoms with van der Waals surface area (Å²) < 4.78 is 0.799. The number of rotatable bonds is 2. The van der Waals surface area contributed by atoms with Gasteiger partial charge in [0.25, 0.3) is 0 Å². The first-order valence-electron chi connectivity index (χ1n) is 3.31. The predicted octanol–water partition coefficient (Wildman–Crippen LogP) is 0.620. The van der Waals surface area contributed by atoms with Gasteiger partial charge in [0.2, 0.25) is 5.91 Å². The Balaban J connectivity index is 2.16. The Morgan fingerprint density at radius 2 is 2.73 bits per heavy atom. The topological polar surface area (TPSA) is 50.7 Å². The molecule has 1 N–H and O–H groups in total. The van der Waals surface area contributed by atoms with E-state index < -0.39 is 0 Å². The molecule has 0 saturated carbocycles. The van der Waals surface area contributed by atoms with Gasteiger partial charge in [0.05, 0.1) is 6.54 Å². The van der Waals surface area contributed by atoms with Gasteiger partial charge in [-0.25, -0.2) is 0 Å². The highest BCUT2D eigenvalue weighted by Crippen LogP contribution is 2.12. The lowest BCUT2D eigenvalue weighted by Gasteiger charge is -2.06. The fourth-order valence-electron chi connectivity index (χ4n) is 0.761. The Morgan fingerprint density at radius 1 is 2.00 bits per heavy atom. The zero-order valence-electron chi connectivity index (χ0n) is 6.13. The number of hydrogen-bond acceptors (Lipinski definition) is 3. The molecule has 0 fully saturated rings. The fourth-order valence-corrected chi connectivity index (χ4v) is 1.21. The second kappa shape index (κ2) is 3.71. The molecule has 0 aromatic heterocycles. The minimum Gasteiger partial charge on any atom is -0.390 e. The number of amides is 1. The van der Waals surface area contributed by atoms with Crippen LogP contribution in [-0.2, 0) is 9.63 Å². The third kappa shape index (κ3) is 2.88. The van der Waals surface area contributed by atoms with E-state index in [0.717, 1.165) is 11.0 Å². The van der Waals surface area contributed by atoms with Gasteiger partial charge in [0.1, 0.15) is 4.62 Å². The van der Waals surface area contributed by atoms with Gasteiger partial charge in [-0.3, -0.25) is 4.79 Å². The number of halogens is 1. The Bertz CT molecular complexity index is 193. The molecular weight excluding hydrogens is 212 g/mol. The van der Waals surface area contributed by atoms with Gasteiger partial charge in [-0.15, -0.1) is 0 Å². The summed E-state index contributed by atoms with van der Waals surface area (Å²) in [5.41, 5.74) is 0. The van der Waals surface area contributed by atoms with E-state index in [1.165, 1.54) is 6.92 Å². The van der Waals surface area contributed by atoms with Crippen LogP contribution in [0.3, 0.4) is 0 Å². The maximum absolute atomic E-state index is 10.5. The lowest BCUT2D eigenvalue weighted by Crippen LogP contribution is -2.30. The van der Waals surface area contributed by atoms with Gasteiger partial charge in [-0.2, -0.15) is 0 Å². The van der Waals surface area contributed by atoms with Crippen molar-refractivity contribution in [3.05, 3.63) is 0 Å². The summed E-state index contributed by atoms with van der Waals surface area (Å²) in [6, 6.07) is 0. The molecule has 0 radical (unpaired) electrons. The summed E-state index contributed by atoms with van der Waals surface area (Å²) in [6.07, 6.45) is 0.730. The second-order valence-electron chi connectivity index (χ2n) is 2.34. The standard InChI is InChI=1S/C6H9BrN2O2/c1-4(10)8-3-5-2-6(7)9-11-5/h5H,2-3H2,1H3,(H,8,10)/t5-/m1/s1. The quantitative estimate of drug-likeness (QED) is 0.743. The molecule has 0 saturated heterocycles. The molecule has 11 heavy (non-hydrogen) atoms. The van der Waals surface area contributed by atoms with Gasteiger partial charge in [-0.1, -0.05) is 5.16 Å². The van der Waals surface area contributed by atoms with Crippen LogP contribution >= 0.6 is 15.9 Å². The molecule has 1 rings (SSSR count). The van der Waals surface area contributed by atoms with Crippen LogP contribution in [0.5, 0.6) is 0 Å². The monoisotopic (exact) mass is 220 g/mol. The van der Waals surface area contributed by atoms with Crippen molar-refractivity contribution in [3.8, 4) is 0 Å². The third-order valence-corrected chi connectivity index (χ3v) is 1.74. The Hall–Kier alpha value is -0.580. The number of carbonyl (C=O) groups is 1. The van der Waals surface area contributed by atoms with E-state index in [9.17, 15) is 4.79 Å². The van der Waals surface area contributed by atoms with Gasteiger partial charge in [0, 0.05) is 13.3 Å². The van der Waals surface area contributed by atoms with Gasteiger partial charge in [0.15, 0.2) is 6.10 Å². The van der Waals surface area contributed by atoms with Crippen molar-refractivity contribution in [2.75, 3.05) is 6.54 Å². The van der Waals surface area contributed by atoms with Crippen LogP contribution in [0.15, 0.2) is 5.16 Å². The Morgan fingerprint density at radius 3 is 3.18 bits per heavy atom. The first kappa shape index (κ1) is 8.52. The van der Waals surface area contributed by atoms with E-state index in [1.807, 2.05) is 0 Å². The van der Waals surface area contributed by atoms with E-state index in [1.54, 1.807) is 0 Å². The SMILES string of the molecule is CC(=O)NC[C@H]1CC(Br)=NO1. The third-order valence-electron chi connectivity index (χ3n) is 1.28. The van der Waals surface area contributed by atoms with Crippen LogP contribution < -0.4 is 5.32 Å². The van der Waals surface area contributed by atoms with Gasteiger partial charge in [-0.05, 0) is 15.9 Å². The first-order valence-corrected chi connectivity index (χ1v) is 4.10. The molecule has 5 heteroatoms. The highest BCUT2D eigenvalue weighted by molar-refractivity contribution is 9.18. The molecule has 1 aliphatic rings. The molecule has 4 nitrogen and oxygen atoms in total. The van der Waals surface area contributed by atoms with Crippen molar-refractivity contribution in [2.24, 2.45) is 5.16 Å². The molecule has 0 unspecified atom stereocenters. The van der Waals surface area contributed by atoms with Crippen molar-refractivity contribution in [1.82, 2.24) is 5.32 Å². The maximum Gasteiger partial charge on any atom is 0.217 e. The van der Waals surface area contributed by atoms with E-state index in [0.29, 0.717) is 6.54 Å². The summed E-state index contributed by atoms with van der Waals surface area (Å²) in [5.74, 6) is -0.0448. The molecule has 1 heterocycles. The number of nitrogens with zero attached hydrogens (tertiary/aromatic N) is 1. The molecule has 0 aromatic carbocycles. The molecule has 62 valence electrons. The molecule has 0 aliphatic carbocycles. The van der Waals surface area contributed by atoms with Gasteiger partial charge < -0.3 is 10.2 Å². The smallest absolute Gasteiger partial charge is 0.217 e. The molecular formula is C6H9BrN2O2. The average Bonchev–Trinajstić information content (AvgIpc) is 2.31. The zero-order valence-corrected chi connectivity index (χ0v) is 7.72. The van der Waals surface area contributed by atoms with Crippen molar-refractivity contribution in [1.29, 1.82) is 0 Å². The van der Waals surface area contributed by atoms with Crippen LogP contribution in [0.1, 0.15) is 13.3 Å². The van der Waals surface area contributed by atoms with Crippen molar-refractivity contribution >= 4 is 26.5 Å². The van der Waals surface area contributed by atoms with Gasteiger partial charge >= 0.3 is 0 Å². The molecule has 1 aliphatic heterocycles. The van der Waals surface area contributed by atoms with E-state index >= 15 is 0 Å². The second-order valence-corrected chi connectivity index (χ2v) is 3.25. The maximum atomic E-state index is 10.5. The largest absolute Gasteiger partial charge is 0.390 e. The van der Waals surface area contributed by atoms with E-state index in [4.69, 9.17) is 4.84 Å². The molecule has 0 aromatic rings. The Kier molecular flexibility index (Phi) is 2.87. The Labute approximate surface area is 73.1 Å². The van der Waals surface area contributed by atoms with Crippen LogP contribution in [0.4, 0.5) is 0 Å². The van der Waals surface area contributed by atoms with Crippen molar-refractivity contribution in [2.45, 2.75) is 19.4 Å². The minimum absolute atomic E-state index is 0.00623. The summed E-state index contributed by atoms with van der Waals surface area (Å²) in [5, 5.41) is 6.33. The van der Waals surface area contributed by atoms with Crippen molar-refractivity contribution < 1.29 is 9.63 Å². The number of hydrogen-bond donors (Lipinski definition) is 1. The number of nitrogens with one attached hydrogen (secondary N) is 1. The summed E-state index contributed by atoms with van der Waals surface area (Å²) in [6.45, 7) is 2.00. The summed E-state index contributed by atoms with van der Waals surface area (Å²) in [7, 11) is 0. The average molecular weight is 221 g/mol. The highest BCUT2D eigenvalue weighted by Gasteiger charge is 2.18. The zero-order chi connectivity index (χ0) is 8.27. The van der Waals surface area contributed by atoms with E-state index in [-0.39, 0.29) is 12.0 Å². The number of oxime groups is 1. The molecule has 0 spiro atoms. The van der Waals surface area contributed by atoms with Crippen LogP contribution in [0.2, 0.25) is 0 Å². The first-order chi connectivity index (χ1) is 5.18.